The van der Waals surface area contributed by atoms with Gasteiger partial charge in [-0.1, -0.05) is 36.2 Å². The molecule has 0 radical (unpaired) electrons. The second-order valence-corrected chi connectivity index (χ2v) is 7.66. The van der Waals surface area contributed by atoms with Crippen LogP contribution in [0.25, 0.3) is 11.4 Å². The number of carbonyl (C=O) groups is 1. The summed E-state index contributed by atoms with van der Waals surface area (Å²) in [5, 5.41) is 12.1. The topological polar surface area (TPSA) is 69.0 Å². The zero-order valence-corrected chi connectivity index (χ0v) is 17.1. The van der Waals surface area contributed by atoms with E-state index in [4.69, 9.17) is 16.3 Å². The van der Waals surface area contributed by atoms with Crippen LogP contribution in [0.15, 0.2) is 42.5 Å². The molecule has 29 heavy (non-hydrogen) atoms. The summed E-state index contributed by atoms with van der Waals surface area (Å²) in [6, 6.07) is 13.1. The Bertz CT molecular complexity index is 1030. The predicted molar refractivity (Wildman–Crippen MR) is 113 cm³/mol. The predicted octanol–water partition coefficient (Wildman–Crippen LogP) is 4.65. The monoisotopic (exact) mass is 410 g/mol. The molecule has 2 heterocycles. The molecule has 1 aromatic heterocycles. The number of rotatable bonds is 5. The molecular formula is C22H23ClN4O2. The number of hydrogen-bond acceptors (Lipinski definition) is 4. The number of halogens is 1. The highest BCUT2D eigenvalue weighted by molar-refractivity contribution is 6.32. The van der Waals surface area contributed by atoms with Crippen LogP contribution in [0.2, 0.25) is 5.02 Å². The van der Waals surface area contributed by atoms with Crippen molar-refractivity contribution in [3.63, 3.8) is 0 Å². The molecule has 1 aliphatic rings. The van der Waals surface area contributed by atoms with E-state index in [1.807, 2.05) is 43.3 Å². The van der Waals surface area contributed by atoms with E-state index in [2.05, 4.69) is 20.1 Å². The van der Waals surface area contributed by atoms with Crippen LogP contribution in [0.1, 0.15) is 30.7 Å². The van der Waals surface area contributed by atoms with Gasteiger partial charge in [0, 0.05) is 24.2 Å². The van der Waals surface area contributed by atoms with Crippen LogP contribution in [-0.2, 0) is 17.8 Å². The standard InChI is InChI=1S/C22H23ClN4O2/c1-15-9-10-18(23)19(12-15)29-14-21(28)24-17-7-5-6-16(13-17)22-26-25-20-8-3-2-4-11-27(20)22/h5-7,9-10,12-13H,2-4,8,11,14H2,1H3,(H,24,28). The largest absolute Gasteiger partial charge is 0.482 e. The third kappa shape index (κ3) is 4.59. The van der Waals surface area contributed by atoms with E-state index in [1.54, 1.807) is 6.07 Å². The minimum atomic E-state index is -0.250. The summed E-state index contributed by atoms with van der Waals surface area (Å²) in [4.78, 5) is 12.3. The summed E-state index contributed by atoms with van der Waals surface area (Å²) < 4.78 is 7.76. The van der Waals surface area contributed by atoms with Crippen molar-refractivity contribution >= 4 is 23.2 Å². The molecule has 150 valence electrons. The summed E-state index contributed by atoms with van der Waals surface area (Å²) in [6.45, 7) is 2.76. The number of fused-ring (bicyclic) bond motifs is 1. The van der Waals surface area contributed by atoms with Crippen molar-refractivity contribution in [3.05, 3.63) is 58.9 Å². The molecule has 1 amide bonds. The van der Waals surface area contributed by atoms with Crippen molar-refractivity contribution in [3.8, 4) is 17.1 Å². The quantitative estimate of drug-likeness (QED) is 0.664. The van der Waals surface area contributed by atoms with Crippen LogP contribution in [0.5, 0.6) is 5.75 Å². The van der Waals surface area contributed by atoms with Gasteiger partial charge in [0.2, 0.25) is 0 Å². The second kappa shape index (κ2) is 8.66. The molecule has 0 bridgehead atoms. The molecule has 0 spiro atoms. The first kappa shape index (κ1) is 19.5. The number of benzene rings is 2. The molecular weight excluding hydrogens is 388 g/mol. The summed E-state index contributed by atoms with van der Waals surface area (Å²) in [5.41, 5.74) is 2.65. The van der Waals surface area contributed by atoms with Gasteiger partial charge in [0.15, 0.2) is 12.4 Å². The number of amides is 1. The van der Waals surface area contributed by atoms with Crippen molar-refractivity contribution in [2.75, 3.05) is 11.9 Å². The van der Waals surface area contributed by atoms with Gasteiger partial charge in [-0.3, -0.25) is 4.79 Å². The van der Waals surface area contributed by atoms with Gasteiger partial charge in [-0.25, -0.2) is 0 Å². The lowest BCUT2D eigenvalue weighted by Gasteiger charge is -2.11. The van der Waals surface area contributed by atoms with Crippen LogP contribution in [0.4, 0.5) is 5.69 Å². The Labute approximate surface area is 174 Å². The number of aryl methyl sites for hydroxylation is 2. The molecule has 0 saturated carbocycles. The second-order valence-electron chi connectivity index (χ2n) is 7.25. The SMILES string of the molecule is Cc1ccc(Cl)c(OCC(=O)Nc2cccc(-c3nnc4n3CCCCC4)c2)c1. The Hall–Kier alpha value is -2.86. The number of hydrogen-bond donors (Lipinski definition) is 1. The van der Waals surface area contributed by atoms with Crippen LogP contribution >= 0.6 is 11.6 Å². The van der Waals surface area contributed by atoms with Gasteiger partial charge in [-0.2, -0.15) is 0 Å². The Kier molecular flexibility index (Phi) is 5.81. The van der Waals surface area contributed by atoms with Gasteiger partial charge in [-0.15, -0.1) is 10.2 Å². The highest BCUT2D eigenvalue weighted by Gasteiger charge is 2.16. The Morgan fingerprint density at radius 2 is 2.07 bits per heavy atom. The summed E-state index contributed by atoms with van der Waals surface area (Å²) in [6.07, 6.45) is 4.46. The van der Waals surface area contributed by atoms with E-state index in [-0.39, 0.29) is 12.5 Å². The van der Waals surface area contributed by atoms with Crippen molar-refractivity contribution < 1.29 is 9.53 Å². The zero-order valence-electron chi connectivity index (χ0n) is 16.3. The maximum Gasteiger partial charge on any atom is 0.262 e. The lowest BCUT2D eigenvalue weighted by atomic mass is 10.2. The van der Waals surface area contributed by atoms with Gasteiger partial charge < -0.3 is 14.6 Å². The molecule has 7 heteroatoms. The van der Waals surface area contributed by atoms with E-state index < -0.39 is 0 Å². The van der Waals surface area contributed by atoms with E-state index in [0.29, 0.717) is 16.5 Å². The van der Waals surface area contributed by atoms with Gasteiger partial charge >= 0.3 is 0 Å². The molecule has 1 aliphatic heterocycles. The normalized spacial score (nSPS) is 13.4. The van der Waals surface area contributed by atoms with Gasteiger partial charge in [0.1, 0.15) is 11.6 Å². The maximum atomic E-state index is 12.3. The van der Waals surface area contributed by atoms with Crippen molar-refractivity contribution in [1.82, 2.24) is 14.8 Å². The third-order valence-corrected chi connectivity index (χ3v) is 5.27. The van der Waals surface area contributed by atoms with Gasteiger partial charge in [-0.05, 0) is 49.6 Å². The van der Waals surface area contributed by atoms with E-state index in [9.17, 15) is 4.79 Å². The van der Waals surface area contributed by atoms with Crippen LogP contribution in [-0.4, -0.2) is 27.3 Å². The molecule has 3 aromatic rings. The lowest BCUT2D eigenvalue weighted by Crippen LogP contribution is -2.20. The smallest absolute Gasteiger partial charge is 0.262 e. The first-order valence-electron chi connectivity index (χ1n) is 9.81. The molecule has 0 unspecified atom stereocenters. The summed E-state index contributed by atoms with van der Waals surface area (Å²) in [7, 11) is 0. The summed E-state index contributed by atoms with van der Waals surface area (Å²) in [5.74, 6) is 2.14. The minimum Gasteiger partial charge on any atom is -0.482 e. The molecule has 1 N–H and O–H groups in total. The fraction of sp³-hybridized carbons (Fsp3) is 0.318. The average Bonchev–Trinajstić information content (AvgIpc) is 2.97. The fourth-order valence-electron chi connectivity index (χ4n) is 3.50. The molecule has 0 saturated heterocycles. The van der Waals surface area contributed by atoms with Gasteiger partial charge in [0.05, 0.1) is 5.02 Å². The average molecular weight is 411 g/mol. The first-order chi connectivity index (χ1) is 14.1. The highest BCUT2D eigenvalue weighted by Crippen LogP contribution is 2.26. The van der Waals surface area contributed by atoms with Crippen LogP contribution in [0, 0.1) is 6.92 Å². The number of nitrogens with zero attached hydrogens (tertiary/aromatic N) is 3. The van der Waals surface area contributed by atoms with Crippen molar-refractivity contribution in [2.24, 2.45) is 0 Å². The fourth-order valence-corrected chi connectivity index (χ4v) is 3.67. The number of nitrogens with one attached hydrogen (secondary N) is 1. The number of anilines is 1. The van der Waals surface area contributed by atoms with Crippen molar-refractivity contribution in [2.45, 2.75) is 39.2 Å². The number of ether oxygens (including phenoxy) is 1. The van der Waals surface area contributed by atoms with E-state index >= 15 is 0 Å². The molecule has 6 nitrogen and oxygen atoms in total. The van der Waals surface area contributed by atoms with Gasteiger partial charge in [0.25, 0.3) is 5.91 Å². The number of aromatic nitrogens is 3. The van der Waals surface area contributed by atoms with Crippen molar-refractivity contribution in [1.29, 1.82) is 0 Å². The van der Waals surface area contributed by atoms with Crippen LogP contribution < -0.4 is 10.1 Å². The molecule has 0 fully saturated rings. The molecule has 0 aliphatic carbocycles. The Morgan fingerprint density at radius 3 is 2.97 bits per heavy atom. The van der Waals surface area contributed by atoms with E-state index in [0.717, 1.165) is 48.6 Å². The Balaban J connectivity index is 1.45. The minimum absolute atomic E-state index is 0.117. The maximum absolute atomic E-state index is 12.3. The Morgan fingerprint density at radius 1 is 1.17 bits per heavy atom. The van der Waals surface area contributed by atoms with Crippen LogP contribution in [0.3, 0.4) is 0 Å². The lowest BCUT2D eigenvalue weighted by molar-refractivity contribution is -0.118. The number of carbonyl (C=O) groups excluding carboxylic acids is 1. The van der Waals surface area contributed by atoms with E-state index in [1.165, 1.54) is 6.42 Å². The molecule has 2 aromatic carbocycles. The molecule has 0 atom stereocenters. The molecule has 4 rings (SSSR count). The summed E-state index contributed by atoms with van der Waals surface area (Å²) >= 11 is 6.12. The third-order valence-electron chi connectivity index (χ3n) is 4.96. The zero-order chi connectivity index (χ0) is 20.2. The highest BCUT2D eigenvalue weighted by atomic mass is 35.5. The first-order valence-corrected chi connectivity index (χ1v) is 10.2.